The predicted octanol–water partition coefficient (Wildman–Crippen LogP) is 3.91. The van der Waals surface area contributed by atoms with E-state index in [1.165, 1.54) is 0 Å². The average molecular weight is 220 g/mol. The van der Waals surface area contributed by atoms with Crippen molar-refractivity contribution in [2.45, 2.75) is 26.7 Å². The summed E-state index contributed by atoms with van der Waals surface area (Å²) in [5, 5.41) is 0. The van der Waals surface area contributed by atoms with Gasteiger partial charge in [-0.2, -0.15) is 0 Å². The van der Waals surface area contributed by atoms with E-state index in [1.54, 1.807) is 6.08 Å². The molecule has 16 heavy (non-hydrogen) atoms. The first-order valence-electron chi connectivity index (χ1n) is 5.83. The van der Waals surface area contributed by atoms with Gasteiger partial charge in [-0.1, -0.05) is 26.5 Å². The Morgan fingerprint density at radius 1 is 1.00 bits per heavy atom. The van der Waals surface area contributed by atoms with E-state index in [1.807, 2.05) is 18.2 Å². The second-order valence-electron chi connectivity index (χ2n) is 3.64. The SMILES string of the molecule is C=Cc1cc(OCCC)cc(OCCC)c1. The van der Waals surface area contributed by atoms with E-state index in [-0.39, 0.29) is 0 Å². The van der Waals surface area contributed by atoms with Crippen molar-refractivity contribution in [1.82, 2.24) is 0 Å². The van der Waals surface area contributed by atoms with Crippen LogP contribution in [-0.2, 0) is 0 Å². The summed E-state index contributed by atoms with van der Waals surface area (Å²) in [6.45, 7) is 9.40. The molecule has 0 atom stereocenters. The van der Waals surface area contributed by atoms with E-state index in [9.17, 15) is 0 Å². The fourth-order valence-electron chi connectivity index (χ4n) is 1.32. The predicted molar refractivity (Wildman–Crippen MR) is 68.1 cm³/mol. The smallest absolute Gasteiger partial charge is 0.123 e. The highest BCUT2D eigenvalue weighted by atomic mass is 16.5. The van der Waals surface area contributed by atoms with Crippen LogP contribution >= 0.6 is 0 Å². The molecule has 88 valence electrons. The van der Waals surface area contributed by atoms with E-state index in [2.05, 4.69) is 20.4 Å². The molecule has 0 aliphatic heterocycles. The van der Waals surface area contributed by atoms with Crippen molar-refractivity contribution < 1.29 is 9.47 Å². The zero-order chi connectivity index (χ0) is 11.8. The Kier molecular flexibility index (Phi) is 5.48. The summed E-state index contributed by atoms with van der Waals surface area (Å²) in [4.78, 5) is 0. The van der Waals surface area contributed by atoms with Crippen molar-refractivity contribution in [1.29, 1.82) is 0 Å². The van der Waals surface area contributed by atoms with Gasteiger partial charge >= 0.3 is 0 Å². The molecule has 1 aromatic carbocycles. The number of rotatable bonds is 7. The summed E-state index contributed by atoms with van der Waals surface area (Å²) < 4.78 is 11.2. The lowest BCUT2D eigenvalue weighted by molar-refractivity contribution is 0.301. The molecular weight excluding hydrogens is 200 g/mol. The van der Waals surface area contributed by atoms with E-state index >= 15 is 0 Å². The summed E-state index contributed by atoms with van der Waals surface area (Å²) in [6.07, 6.45) is 3.81. The third-order valence-electron chi connectivity index (χ3n) is 2.08. The highest BCUT2D eigenvalue weighted by Gasteiger charge is 2.01. The molecule has 0 aliphatic rings. The van der Waals surface area contributed by atoms with E-state index < -0.39 is 0 Å². The van der Waals surface area contributed by atoms with Crippen LogP contribution in [0.2, 0.25) is 0 Å². The Bertz CT molecular complexity index is 305. The van der Waals surface area contributed by atoms with Crippen LogP contribution in [0.5, 0.6) is 11.5 Å². The van der Waals surface area contributed by atoms with E-state index in [4.69, 9.17) is 9.47 Å². The maximum Gasteiger partial charge on any atom is 0.123 e. The molecule has 1 rings (SSSR count). The highest BCUT2D eigenvalue weighted by Crippen LogP contribution is 2.24. The Hall–Kier alpha value is -1.44. The second kappa shape index (κ2) is 6.94. The molecule has 2 heteroatoms. The second-order valence-corrected chi connectivity index (χ2v) is 3.64. The molecule has 0 heterocycles. The van der Waals surface area contributed by atoms with Crippen molar-refractivity contribution in [3.63, 3.8) is 0 Å². The summed E-state index contributed by atoms with van der Waals surface area (Å²) >= 11 is 0. The first kappa shape index (κ1) is 12.6. The lowest BCUT2D eigenvalue weighted by Crippen LogP contribution is -1.98. The van der Waals surface area contributed by atoms with Gasteiger partial charge in [0, 0.05) is 6.07 Å². The van der Waals surface area contributed by atoms with Gasteiger partial charge in [-0.15, -0.1) is 0 Å². The fraction of sp³-hybridized carbons (Fsp3) is 0.429. The third-order valence-corrected chi connectivity index (χ3v) is 2.08. The van der Waals surface area contributed by atoms with Gasteiger partial charge in [0.15, 0.2) is 0 Å². The molecule has 0 saturated carbocycles. The largest absolute Gasteiger partial charge is 0.493 e. The molecule has 0 aromatic heterocycles. The Morgan fingerprint density at radius 2 is 1.50 bits per heavy atom. The molecule has 1 aromatic rings. The van der Waals surface area contributed by atoms with Gasteiger partial charge in [0.25, 0.3) is 0 Å². The minimum atomic E-state index is 0.730. The van der Waals surface area contributed by atoms with Crippen LogP contribution in [0.15, 0.2) is 24.8 Å². The normalized spacial score (nSPS) is 9.88. The van der Waals surface area contributed by atoms with Crippen LogP contribution in [0.1, 0.15) is 32.3 Å². The maximum absolute atomic E-state index is 5.59. The molecule has 0 fully saturated rings. The number of ether oxygens (including phenoxy) is 2. The first-order valence-corrected chi connectivity index (χ1v) is 5.83. The molecule has 0 aliphatic carbocycles. The topological polar surface area (TPSA) is 18.5 Å². The molecule has 0 bridgehead atoms. The third kappa shape index (κ3) is 3.97. The van der Waals surface area contributed by atoms with Gasteiger partial charge in [-0.05, 0) is 30.5 Å². The van der Waals surface area contributed by atoms with Crippen LogP contribution in [-0.4, -0.2) is 13.2 Å². The molecule has 0 unspecified atom stereocenters. The monoisotopic (exact) mass is 220 g/mol. The fourth-order valence-corrected chi connectivity index (χ4v) is 1.32. The molecular formula is C14H20O2. The summed E-state index contributed by atoms with van der Waals surface area (Å²) in [6, 6.07) is 5.88. The van der Waals surface area contributed by atoms with Crippen molar-refractivity contribution in [3.8, 4) is 11.5 Å². The zero-order valence-electron chi connectivity index (χ0n) is 10.2. The Morgan fingerprint density at radius 3 is 1.88 bits per heavy atom. The van der Waals surface area contributed by atoms with Crippen molar-refractivity contribution in [2.75, 3.05) is 13.2 Å². The first-order chi connectivity index (χ1) is 7.80. The van der Waals surface area contributed by atoms with Crippen LogP contribution in [0, 0.1) is 0 Å². The van der Waals surface area contributed by atoms with E-state index in [0.29, 0.717) is 0 Å². The van der Waals surface area contributed by atoms with Gasteiger partial charge in [0.2, 0.25) is 0 Å². The van der Waals surface area contributed by atoms with E-state index in [0.717, 1.165) is 43.1 Å². The summed E-state index contributed by atoms with van der Waals surface area (Å²) in [5.41, 5.74) is 1.03. The number of hydrogen-bond acceptors (Lipinski definition) is 2. The lowest BCUT2D eigenvalue weighted by Gasteiger charge is -2.10. The summed E-state index contributed by atoms with van der Waals surface area (Å²) in [7, 11) is 0. The molecule has 0 radical (unpaired) electrons. The minimum absolute atomic E-state index is 0.730. The van der Waals surface area contributed by atoms with Crippen molar-refractivity contribution in [3.05, 3.63) is 30.3 Å². The standard InChI is InChI=1S/C14H20O2/c1-4-7-15-13-9-12(6-3)10-14(11-13)16-8-5-2/h6,9-11H,3-5,7-8H2,1-2H3. The van der Waals surface area contributed by atoms with Crippen molar-refractivity contribution >= 4 is 6.08 Å². The van der Waals surface area contributed by atoms with Crippen LogP contribution in [0.25, 0.3) is 6.08 Å². The van der Waals surface area contributed by atoms with Gasteiger partial charge in [-0.25, -0.2) is 0 Å². The zero-order valence-corrected chi connectivity index (χ0v) is 10.2. The molecule has 0 spiro atoms. The van der Waals surface area contributed by atoms with Gasteiger partial charge in [0.05, 0.1) is 13.2 Å². The van der Waals surface area contributed by atoms with Gasteiger partial charge < -0.3 is 9.47 Å². The molecule has 0 N–H and O–H groups in total. The summed E-state index contributed by atoms with van der Waals surface area (Å²) in [5.74, 6) is 1.70. The maximum atomic E-state index is 5.59. The Balaban J connectivity index is 2.78. The minimum Gasteiger partial charge on any atom is -0.493 e. The van der Waals surface area contributed by atoms with Crippen LogP contribution < -0.4 is 9.47 Å². The average Bonchev–Trinajstić information content (AvgIpc) is 2.33. The van der Waals surface area contributed by atoms with Gasteiger partial charge in [0.1, 0.15) is 11.5 Å². The van der Waals surface area contributed by atoms with Crippen molar-refractivity contribution in [2.24, 2.45) is 0 Å². The van der Waals surface area contributed by atoms with Crippen LogP contribution in [0.3, 0.4) is 0 Å². The molecule has 0 amide bonds. The highest BCUT2D eigenvalue weighted by molar-refractivity contribution is 5.53. The molecule has 0 saturated heterocycles. The quantitative estimate of drug-likeness (QED) is 0.693. The van der Waals surface area contributed by atoms with Crippen LogP contribution in [0.4, 0.5) is 0 Å². The lowest BCUT2D eigenvalue weighted by atomic mass is 10.2. The Labute approximate surface area is 97.9 Å². The van der Waals surface area contributed by atoms with Gasteiger partial charge in [-0.3, -0.25) is 0 Å². The molecule has 2 nitrogen and oxygen atoms in total. The number of hydrogen-bond donors (Lipinski definition) is 0. The number of benzene rings is 1.